The smallest absolute Gasteiger partial charge is 0.318 e. The van der Waals surface area contributed by atoms with Crippen LogP contribution in [0.15, 0.2) is 0 Å². The maximum Gasteiger partial charge on any atom is 0.318 e. The van der Waals surface area contributed by atoms with Gasteiger partial charge in [0.25, 0.3) is 0 Å². The topological polar surface area (TPSA) is 75.4 Å². The quantitative estimate of drug-likeness (QED) is 0.506. The van der Waals surface area contributed by atoms with E-state index in [2.05, 4.69) is 5.32 Å². The van der Waals surface area contributed by atoms with Crippen LogP contribution in [0.4, 0.5) is 4.79 Å². The Bertz CT molecular complexity index is 204. The van der Waals surface area contributed by atoms with Gasteiger partial charge in [0, 0.05) is 7.05 Å². The summed E-state index contributed by atoms with van der Waals surface area (Å²) < 4.78 is 0. The molecule has 11 heavy (non-hydrogen) atoms. The van der Waals surface area contributed by atoms with Gasteiger partial charge in [0.15, 0.2) is 0 Å². The summed E-state index contributed by atoms with van der Waals surface area (Å²) >= 11 is 0. The molecule has 5 heteroatoms. The number of rotatable bonds is 1. The van der Waals surface area contributed by atoms with Crippen molar-refractivity contribution in [3.8, 4) is 0 Å². The molecule has 5 nitrogen and oxygen atoms in total. The Labute approximate surface area is 64.5 Å². The monoisotopic (exact) mass is 157 g/mol. The highest BCUT2D eigenvalue weighted by Crippen LogP contribution is 2.09. The van der Waals surface area contributed by atoms with Crippen LogP contribution in [0.1, 0.15) is 6.92 Å². The zero-order chi connectivity index (χ0) is 8.59. The minimum atomic E-state index is -0.549. The first kappa shape index (κ1) is 7.84. The van der Waals surface area contributed by atoms with Crippen molar-refractivity contribution < 1.29 is 9.59 Å². The molecule has 1 fully saturated rings. The van der Waals surface area contributed by atoms with Crippen LogP contribution in [0.3, 0.4) is 0 Å². The highest BCUT2D eigenvalue weighted by Gasteiger charge is 2.36. The number of urea groups is 1. The molecule has 2 atom stereocenters. The number of carbonyl (C=O) groups excluding carboxylic acids is 2. The van der Waals surface area contributed by atoms with Gasteiger partial charge >= 0.3 is 6.03 Å². The summed E-state index contributed by atoms with van der Waals surface area (Å²) in [5.41, 5.74) is 5.03. The van der Waals surface area contributed by atoms with E-state index in [1.165, 1.54) is 4.90 Å². The minimum absolute atomic E-state index is 0.153. The van der Waals surface area contributed by atoms with Crippen LogP contribution >= 0.6 is 0 Å². The molecule has 0 saturated carbocycles. The Hall–Kier alpha value is -1.26. The number of primary amides is 1. The van der Waals surface area contributed by atoms with Gasteiger partial charge in [-0.1, -0.05) is 0 Å². The molecule has 1 rings (SSSR count). The van der Waals surface area contributed by atoms with Gasteiger partial charge in [-0.25, -0.2) is 4.79 Å². The van der Waals surface area contributed by atoms with Gasteiger partial charge in [-0.05, 0) is 6.92 Å². The van der Waals surface area contributed by atoms with Crippen LogP contribution in [-0.4, -0.2) is 36.0 Å². The Kier molecular flexibility index (Phi) is 1.72. The largest absolute Gasteiger partial charge is 0.368 e. The molecule has 3 N–H and O–H groups in total. The van der Waals surface area contributed by atoms with Gasteiger partial charge in [-0.2, -0.15) is 0 Å². The fourth-order valence-corrected chi connectivity index (χ4v) is 1.07. The van der Waals surface area contributed by atoms with E-state index in [4.69, 9.17) is 5.73 Å². The molecule has 3 amide bonds. The van der Waals surface area contributed by atoms with Gasteiger partial charge in [-0.15, -0.1) is 0 Å². The van der Waals surface area contributed by atoms with E-state index in [0.717, 1.165) is 0 Å². The van der Waals surface area contributed by atoms with Crippen LogP contribution in [0.25, 0.3) is 0 Å². The summed E-state index contributed by atoms with van der Waals surface area (Å²) in [7, 11) is 1.63. The van der Waals surface area contributed by atoms with Crippen LogP contribution < -0.4 is 11.1 Å². The van der Waals surface area contributed by atoms with E-state index in [1.54, 1.807) is 14.0 Å². The Morgan fingerprint density at radius 1 is 1.73 bits per heavy atom. The van der Waals surface area contributed by atoms with Gasteiger partial charge in [0.2, 0.25) is 5.91 Å². The van der Waals surface area contributed by atoms with Crippen molar-refractivity contribution in [2.24, 2.45) is 5.73 Å². The Morgan fingerprint density at radius 2 is 2.27 bits per heavy atom. The SMILES string of the molecule is CC1C(C(N)=O)NC(=O)N1C. The minimum Gasteiger partial charge on any atom is -0.368 e. The standard InChI is InChI=1S/C6H11N3O2/c1-3-4(5(7)10)8-6(11)9(3)2/h3-4H,1-2H3,(H2,7,10)(H,8,11). The molecule has 2 unspecified atom stereocenters. The van der Waals surface area contributed by atoms with E-state index < -0.39 is 11.9 Å². The molecule has 0 aromatic rings. The van der Waals surface area contributed by atoms with Crippen molar-refractivity contribution in [1.29, 1.82) is 0 Å². The molecule has 1 heterocycles. The number of nitrogens with one attached hydrogen (secondary N) is 1. The summed E-state index contributed by atoms with van der Waals surface area (Å²) in [6.07, 6.45) is 0. The molecule has 1 aliphatic heterocycles. The first-order chi connectivity index (χ1) is 5.04. The summed E-state index contributed by atoms with van der Waals surface area (Å²) in [5, 5.41) is 2.47. The Morgan fingerprint density at radius 3 is 2.45 bits per heavy atom. The first-order valence-electron chi connectivity index (χ1n) is 3.36. The van der Waals surface area contributed by atoms with E-state index >= 15 is 0 Å². The van der Waals surface area contributed by atoms with Crippen molar-refractivity contribution in [1.82, 2.24) is 10.2 Å². The normalized spacial score (nSPS) is 30.4. The molecule has 1 aliphatic rings. The van der Waals surface area contributed by atoms with E-state index in [0.29, 0.717) is 0 Å². The fourth-order valence-electron chi connectivity index (χ4n) is 1.07. The number of nitrogens with zero attached hydrogens (tertiary/aromatic N) is 1. The lowest BCUT2D eigenvalue weighted by atomic mass is 10.1. The zero-order valence-corrected chi connectivity index (χ0v) is 6.50. The second-order valence-corrected chi connectivity index (χ2v) is 2.68. The van der Waals surface area contributed by atoms with Crippen molar-refractivity contribution >= 4 is 11.9 Å². The first-order valence-corrected chi connectivity index (χ1v) is 3.36. The number of hydrogen-bond donors (Lipinski definition) is 2. The lowest BCUT2D eigenvalue weighted by Crippen LogP contribution is -2.43. The molecule has 0 spiro atoms. The van der Waals surface area contributed by atoms with Crippen molar-refractivity contribution in [3.05, 3.63) is 0 Å². The van der Waals surface area contributed by atoms with Gasteiger partial charge in [0.05, 0.1) is 6.04 Å². The lowest BCUT2D eigenvalue weighted by Gasteiger charge is -2.15. The van der Waals surface area contributed by atoms with E-state index in [9.17, 15) is 9.59 Å². The third-order valence-corrected chi connectivity index (χ3v) is 2.00. The molecular formula is C6H11N3O2. The summed E-state index contributed by atoms with van der Waals surface area (Å²) in [4.78, 5) is 23.0. The number of carbonyl (C=O) groups is 2. The number of hydrogen-bond acceptors (Lipinski definition) is 2. The lowest BCUT2D eigenvalue weighted by molar-refractivity contribution is -0.120. The molecule has 62 valence electrons. The molecule has 0 bridgehead atoms. The van der Waals surface area contributed by atoms with Crippen LogP contribution in [0.5, 0.6) is 0 Å². The average molecular weight is 157 g/mol. The molecule has 0 radical (unpaired) electrons. The van der Waals surface area contributed by atoms with Crippen molar-refractivity contribution in [3.63, 3.8) is 0 Å². The van der Waals surface area contributed by atoms with Crippen LogP contribution in [0, 0.1) is 0 Å². The number of amides is 3. The van der Waals surface area contributed by atoms with Gasteiger partial charge in [-0.3, -0.25) is 4.79 Å². The predicted octanol–water partition coefficient (Wildman–Crippen LogP) is -1.12. The molecule has 1 saturated heterocycles. The highest BCUT2D eigenvalue weighted by atomic mass is 16.2. The van der Waals surface area contributed by atoms with Crippen LogP contribution in [0.2, 0.25) is 0 Å². The second-order valence-electron chi connectivity index (χ2n) is 2.68. The predicted molar refractivity (Wildman–Crippen MR) is 38.7 cm³/mol. The summed E-state index contributed by atoms with van der Waals surface area (Å²) in [6, 6.07) is -0.950. The van der Waals surface area contributed by atoms with Crippen molar-refractivity contribution in [2.45, 2.75) is 19.0 Å². The Balaban J connectivity index is 2.74. The summed E-state index contributed by atoms with van der Waals surface area (Å²) in [5.74, 6) is -0.491. The zero-order valence-electron chi connectivity index (χ0n) is 6.50. The van der Waals surface area contributed by atoms with Crippen LogP contribution in [-0.2, 0) is 4.79 Å². The van der Waals surface area contributed by atoms with Gasteiger partial charge in [0.1, 0.15) is 6.04 Å². The molecular weight excluding hydrogens is 146 g/mol. The second kappa shape index (κ2) is 2.41. The van der Waals surface area contributed by atoms with Crippen molar-refractivity contribution in [2.75, 3.05) is 7.05 Å². The molecule has 0 aromatic heterocycles. The summed E-state index contributed by atoms with van der Waals surface area (Å²) in [6.45, 7) is 1.77. The highest BCUT2D eigenvalue weighted by molar-refractivity contribution is 5.90. The number of nitrogens with two attached hydrogens (primary N) is 1. The fraction of sp³-hybridized carbons (Fsp3) is 0.667. The molecule has 0 aromatic carbocycles. The number of likely N-dealkylation sites (N-methyl/N-ethyl adjacent to an activating group) is 1. The molecule has 0 aliphatic carbocycles. The third-order valence-electron chi connectivity index (χ3n) is 2.00. The maximum atomic E-state index is 10.9. The van der Waals surface area contributed by atoms with E-state index in [1.807, 2.05) is 0 Å². The average Bonchev–Trinajstić information content (AvgIpc) is 2.17. The van der Waals surface area contributed by atoms with Gasteiger partial charge < -0.3 is 16.0 Å². The third kappa shape index (κ3) is 1.13. The maximum absolute atomic E-state index is 10.9. The van der Waals surface area contributed by atoms with E-state index in [-0.39, 0.29) is 12.1 Å².